The second kappa shape index (κ2) is 9.84. The lowest BCUT2D eigenvalue weighted by Crippen LogP contribution is -2.33. The Balaban J connectivity index is 1.69. The first kappa shape index (κ1) is 20.5. The number of para-hydroxylation sites is 2. The normalized spacial score (nSPS) is 11.0. The van der Waals surface area contributed by atoms with Gasteiger partial charge in [-0.15, -0.1) is 0 Å². The minimum Gasteiger partial charge on any atom is -0.343 e. The summed E-state index contributed by atoms with van der Waals surface area (Å²) >= 11 is 0. The summed E-state index contributed by atoms with van der Waals surface area (Å²) in [7, 11) is 0. The van der Waals surface area contributed by atoms with E-state index in [1.807, 2.05) is 34.9 Å². The van der Waals surface area contributed by atoms with Crippen LogP contribution in [0, 0.1) is 0 Å². The van der Waals surface area contributed by atoms with Crippen LogP contribution >= 0.6 is 0 Å². The van der Waals surface area contributed by atoms with Crippen LogP contribution in [0.2, 0.25) is 0 Å². The fourth-order valence-corrected chi connectivity index (χ4v) is 3.20. The van der Waals surface area contributed by atoms with Crippen molar-refractivity contribution in [1.82, 2.24) is 19.8 Å². The molecule has 0 fully saturated rings. The molecule has 2 amide bonds. The summed E-state index contributed by atoms with van der Waals surface area (Å²) in [6, 6.07) is 16.6. The number of carbonyl (C=O) groups excluding carboxylic acids is 2. The molecule has 29 heavy (non-hydrogen) atoms. The molecular weight excluding hydrogens is 366 g/mol. The Morgan fingerprint density at radius 3 is 2.41 bits per heavy atom. The van der Waals surface area contributed by atoms with E-state index in [9.17, 15) is 9.59 Å². The number of hydrogen-bond donors (Lipinski definition) is 2. The van der Waals surface area contributed by atoms with Crippen LogP contribution in [0.5, 0.6) is 0 Å². The Morgan fingerprint density at radius 1 is 1.00 bits per heavy atom. The molecule has 0 saturated carbocycles. The molecule has 3 rings (SSSR count). The zero-order valence-electron chi connectivity index (χ0n) is 16.9. The SMILES string of the molecule is CCN(CC)CCn1c(NC(=O)CNC(=O)c2ccccc2)nc2ccccc21. The highest BCUT2D eigenvalue weighted by Gasteiger charge is 2.15. The van der Waals surface area contributed by atoms with E-state index < -0.39 is 0 Å². The maximum atomic E-state index is 12.4. The molecule has 0 aliphatic rings. The lowest BCUT2D eigenvalue weighted by molar-refractivity contribution is -0.115. The topological polar surface area (TPSA) is 79.3 Å². The smallest absolute Gasteiger partial charge is 0.251 e. The van der Waals surface area contributed by atoms with Gasteiger partial charge in [-0.3, -0.25) is 14.9 Å². The number of hydrogen-bond acceptors (Lipinski definition) is 4. The van der Waals surface area contributed by atoms with Crippen molar-refractivity contribution in [2.75, 3.05) is 31.5 Å². The monoisotopic (exact) mass is 393 g/mol. The van der Waals surface area contributed by atoms with Gasteiger partial charge in [0.2, 0.25) is 11.9 Å². The van der Waals surface area contributed by atoms with Crippen molar-refractivity contribution in [2.24, 2.45) is 0 Å². The minimum absolute atomic E-state index is 0.118. The van der Waals surface area contributed by atoms with Crippen molar-refractivity contribution < 1.29 is 9.59 Å². The largest absolute Gasteiger partial charge is 0.343 e. The summed E-state index contributed by atoms with van der Waals surface area (Å²) in [4.78, 5) is 31.5. The van der Waals surface area contributed by atoms with E-state index in [1.54, 1.807) is 24.3 Å². The predicted molar refractivity (Wildman–Crippen MR) is 115 cm³/mol. The number of anilines is 1. The van der Waals surface area contributed by atoms with E-state index in [0.717, 1.165) is 30.7 Å². The number of rotatable bonds is 9. The summed E-state index contributed by atoms with van der Waals surface area (Å²) in [5.74, 6) is -0.0956. The molecule has 1 aromatic heterocycles. The number of nitrogens with one attached hydrogen (secondary N) is 2. The first-order valence-electron chi connectivity index (χ1n) is 9.93. The third-order valence-electron chi connectivity index (χ3n) is 4.89. The van der Waals surface area contributed by atoms with Crippen molar-refractivity contribution in [3.05, 3.63) is 60.2 Å². The van der Waals surface area contributed by atoms with Crippen LogP contribution in [0.4, 0.5) is 5.95 Å². The highest BCUT2D eigenvalue weighted by atomic mass is 16.2. The van der Waals surface area contributed by atoms with Gasteiger partial charge in [0.1, 0.15) is 0 Å². The van der Waals surface area contributed by atoms with Crippen molar-refractivity contribution in [2.45, 2.75) is 20.4 Å². The summed E-state index contributed by atoms with van der Waals surface area (Å²) in [6.45, 7) is 7.66. The van der Waals surface area contributed by atoms with Crippen LogP contribution in [-0.4, -0.2) is 52.4 Å². The lowest BCUT2D eigenvalue weighted by Gasteiger charge is -2.19. The van der Waals surface area contributed by atoms with Gasteiger partial charge in [-0.05, 0) is 37.4 Å². The molecule has 3 aromatic rings. The average Bonchev–Trinajstić information content (AvgIpc) is 3.10. The molecule has 0 radical (unpaired) electrons. The highest BCUT2D eigenvalue weighted by molar-refractivity contribution is 5.99. The molecule has 0 aliphatic carbocycles. The quantitative estimate of drug-likeness (QED) is 0.586. The van der Waals surface area contributed by atoms with Gasteiger partial charge in [0, 0.05) is 18.7 Å². The molecule has 0 bridgehead atoms. The molecule has 0 spiro atoms. The molecule has 7 nitrogen and oxygen atoms in total. The van der Waals surface area contributed by atoms with Crippen LogP contribution < -0.4 is 10.6 Å². The summed E-state index contributed by atoms with van der Waals surface area (Å²) in [5, 5.41) is 5.49. The molecule has 2 aromatic carbocycles. The van der Waals surface area contributed by atoms with E-state index in [-0.39, 0.29) is 18.4 Å². The Bertz CT molecular complexity index is 964. The van der Waals surface area contributed by atoms with Gasteiger partial charge in [0.25, 0.3) is 5.91 Å². The van der Waals surface area contributed by atoms with Gasteiger partial charge in [-0.1, -0.05) is 44.2 Å². The summed E-state index contributed by atoms with van der Waals surface area (Å²) < 4.78 is 2.02. The number of likely N-dealkylation sites (N-methyl/N-ethyl adjacent to an activating group) is 1. The Labute approximate surface area is 170 Å². The summed E-state index contributed by atoms with van der Waals surface area (Å²) in [5.41, 5.74) is 2.32. The number of aromatic nitrogens is 2. The van der Waals surface area contributed by atoms with Crippen LogP contribution in [-0.2, 0) is 11.3 Å². The maximum Gasteiger partial charge on any atom is 0.251 e. The van der Waals surface area contributed by atoms with Crippen LogP contribution in [0.1, 0.15) is 24.2 Å². The molecule has 2 N–H and O–H groups in total. The fraction of sp³-hybridized carbons (Fsp3) is 0.318. The number of imidazole rings is 1. The number of fused-ring (bicyclic) bond motifs is 1. The number of benzene rings is 2. The zero-order valence-corrected chi connectivity index (χ0v) is 16.9. The second-order valence-corrected chi connectivity index (χ2v) is 6.70. The predicted octanol–water partition coefficient (Wildman–Crippen LogP) is 2.75. The van der Waals surface area contributed by atoms with E-state index in [4.69, 9.17) is 0 Å². The van der Waals surface area contributed by atoms with Gasteiger partial charge in [0.15, 0.2) is 0 Å². The maximum absolute atomic E-state index is 12.4. The van der Waals surface area contributed by atoms with E-state index in [1.165, 1.54) is 0 Å². The molecular formula is C22H27N5O2. The molecule has 0 unspecified atom stereocenters. The first-order chi connectivity index (χ1) is 14.1. The molecule has 1 heterocycles. The average molecular weight is 393 g/mol. The molecule has 7 heteroatoms. The summed E-state index contributed by atoms with van der Waals surface area (Å²) in [6.07, 6.45) is 0. The van der Waals surface area contributed by atoms with Crippen molar-refractivity contribution >= 4 is 28.8 Å². The Morgan fingerprint density at radius 2 is 1.69 bits per heavy atom. The standard InChI is InChI=1S/C22H27N5O2/c1-3-26(4-2)14-15-27-19-13-9-8-12-18(19)24-22(27)25-20(28)16-23-21(29)17-10-6-5-7-11-17/h5-13H,3-4,14-16H2,1-2H3,(H,23,29)(H,24,25,28). The van der Waals surface area contributed by atoms with E-state index >= 15 is 0 Å². The van der Waals surface area contributed by atoms with Gasteiger partial charge in [-0.2, -0.15) is 0 Å². The first-order valence-corrected chi connectivity index (χ1v) is 9.93. The molecule has 0 atom stereocenters. The lowest BCUT2D eigenvalue weighted by atomic mass is 10.2. The van der Waals surface area contributed by atoms with Crippen LogP contribution in [0.3, 0.4) is 0 Å². The zero-order chi connectivity index (χ0) is 20.6. The second-order valence-electron chi connectivity index (χ2n) is 6.70. The third kappa shape index (κ3) is 5.20. The van der Waals surface area contributed by atoms with E-state index in [0.29, 0.717) is 18.1 Å². The van der Waals surface area contributed by atoms with Gasteiger partial charge in [-0.25, -0.2) is 4.98 Å². The number of carbonyl (C=O) groups is 2. The van der Waals surface area contributed by atoms with Gasteiger partial charge in [0.05, 0.1) is 17.6 Å². The molecule has 0 aliphatic heterocycles. The van der Waals surface area contributed by atoms with Crippen molar-refractivity contribution in [3.8, 4) is 0 Å². The van der Waals surface area contributed by atoms with Crippen molar-refractivity contribution in [1.29, 1.82) is 0 Å². The van der Waals surface area contributed by atoms with Crippen molar-refractivity contribution in [3.63, 3.8) is 0 Å². The van der Waals surface area contributed by atoms with Gasteiger partial charge < -0.3 is 14.8 Å². The molecule has 0 saturated heterocycles. The van der Waals surface area contributed by atoms with Crippen LogP contribution in [0.15, 0.2) is 54.6 Å². The third-order valence-corrected chi connectivity index (χ3v) is 4.89. The Kier molecular flexibility index (Phi) is 6.97. The molecule has 152 valence electrons. The number of nitrogens with zero attached hydrogens (tertiary/aromatic N) is 3. The number of amides is 2. The Hall–Kier alpha value is -3.19. The van der Waals surface area contributed by atoms with Crippen LogP contribution in [0.25, 0.3) is 11.0 Å². The minimum atomic E-state index is -0.311. The highest BCUT2D eigenvalue weighted by Crippen LogP contribution is 2.19. The van der Waals surface area contributed by atoms with Gasteiger partial charge >= 0.3 is 0 Å². The fourth-order valence-electron chi connectivity index (χ4n) is 3.20. The van der Waals surface area contributed by atoms with E-state index in [2.05, 4.69) is 34.4 Å².